The highest BCUT2D eigenvalue weighted by molar-refractivity contribution is 6.04. The lowest BCUT2D eigenvalue weighted by molar-refractivity contribution is 0.102. The molecule has 24 heavy (non-hydrogen) atoms. The summed E-state index contributed by atoms with van der Waals surface area (Å²) in [5.74, 6) is 1.29. The van der Waals surface area contributed by atoms with E-state index in [0.29, 0.717) is 5.92 Å². The minimum Gasteiger partial charge on any atom is -0.316 e. The van der Waals surface area contributed by atoms with Crippen molar-refractivity contribution in [2.45, 2.75) is 38.0 Å². The van der Waals surface area contributed by atoms with Crippen LogP contribution in [0.1, 0.15) is 52.4 Å². The Labute approximate surface area is 142 Å². The van der Waals surface area contributed by atoms with Crippen molar-refractivity contribution in [2.24, 2.45) is 7.05 Å². The molecule has 126 valence electrons. The second-order valence-corrected chi connectivity index (χ2v) is 6.89. The molecule has 5 nitrogen and oxygen atoms in total. The summed E-state index contributed by atoms with van der Waals surface area (Å²) in [7, 11) is 1.89. The monoisotopic (exact) mass is 324 g/mol. The van der Waals surface area contributed by atoms with Gasteiger partial charge in [-0.25, -0.2) is 0 Å². The lowest BCUT2D eigenvalue weighted by Crippen LogP contribution is -2.16. The predicted octanol–water partition coefficient (Wildman–Crippen LogP) is 2.63. The number of amides is 1. The smallest absolute Gasteiger partial charge is 0.256 e. The summed E-state index contributed by atoms with van der Waals surface area (Å²) in [4.78, 5) is 12.6. The maximum atomic E-state index is 12.6. The lowest BCUT2D eigenvalue weighted by Gasteiger charge is -2.22. The highest BCUT2D eigenvalue weighted by Gasteiger charge is 2.23. The topological polar surface area (TPSA) is 59.0 Å². The van der Waals surface area contributed by atoms with Crippen molar-refractivity contribution in [3.05, 3.63) is 46.6 Å². The van der Waals surface area contributed by atoms with Crippen molar-refractivity contribution in [3.63, 3.8) is 0 Å². The summed E-state index contributed by atoms with van der Waals surface area (Å²) in [6.07, 6.45) is 5.72. The van der Waals surface area contributed by atoms with E-state index in [-0.39, 0.29) is 5.91 Å². The van der Waals surface area contributed by atoms with E-state index in [1.165, 1.54) is 30.4 Å². The zero-order valence-corrected chi connectivity index (χ0v) is 14.1. The van der Waals surface area contributed by atoms with E-state index in [1.807, 2.05) is 25.2 Å². The number of nitrogens with one attached hydrogen (secondary N) is 2. The standard InChI is InChI=1S/C19H24N4O/c1-23-18(12-17(22-23)14-3-2-4-14)21-19(24)16-6-5-13-7-9-20-10-8-15(13)11-16/h5-6,11-12,14,20H,2-4,7-10H2,1H3,(H,21,24). The van der Waals surface area contributed by atoms with Crippen LogP contribution in [0.5, 0.6) is 0 Å². The van der Waals surface area contributed by atoms with Crippen molar-refractivity contribution in [2.75, 3.05) is 18.4 Å². The maximum Gasteiger partial charge on any atom is 0.256 e. The first-order valence-corrected chi connectivity index (χ1v) is 8.88. The van der Waals surface area contributed by atoms with Gasteiger partial charge in [-0.2, -0.15) is 5.10 Å². The van der Waals surface area contributed by atoms with Gasteiger partial charge >= 0.3 is 0 Å². The van der Waals surface area contributed by atoms with Crippen LogP contribution in [0.25, 0.3) is 0 Å². The van der Waals surface area contributed by atoms with E-state index in [2.05, 4.69) is 21.8 Å². The maximum absolute atomic E-state index is 12.6. The summed E-state index contributed by atoms with van der Waals surface area (Å²) < 4.78 is 1.78. The van der Waals surface area contributed by atoms with Gasteiger partial charge in [0.1, 0.15) is 5.82 Å². The van der Waals surface area contributed by atoms with E-state index in [9.17, 15) is 4.79 Å². The van der Waals surface area contributed by atoms with E-state index >= 15 is 0 Å². The number of anilines is 1. The molecule has 2 aliphatic rings. The highest BCUT2D eigenvalue weighted by Crippen LogP contribution is 2.36. The van der Waals surface area contributed by atoms with Gasteiger partial charge in [0.15, 0.2) is 0 Å². The zero-order chi connectivity index (χ0) is 16.5. The molecule has 2 aromatic rings. The normalized spacial score (nSPS) is 17.7. The Bertz CT molecular complexity index is 761. The quantitative estimate of drug-likeness (QED) is 0.912. The number of benzene rings is 1. The Morgan fingerprint density at radius 3 is 2.75 bits per heavy atom. The molecule has 4 rings (SSSR count). The molecule has 5 heteroatoms. The van der Waals surface area contributed by atoms with Crippen molar-refractivity contribution in [3.8, 4) is 0 Å². The average Bonchev–Trinajstić information content (AvgIpc) is 2.73. The van der Waals surface area contributed by atoms with Crippen LogP contribution >= 0.6 is 0 Å². The third-order valence-electron chi connectivity index (χ3n) is 5.27. The number of hydrogen-bond acceptors (Lipinski definition) is 3. The Morgan fingerprint density at radius 1 is 1.21 bits per heavy atom. The van der Waals surface area contributed by atoms with Crippen molar-refractivity contribution in [1.29, 1.82) is 0 Å². The van der Waals surface area contributed by atoms with Gasteiger partial charge in [-0.1, -0.05) is 12.5 Å². The van der Waals surface area contributed by atoms with Gasteiger partial charge in [0, 0.05) is 24.6 Å². The second kappa shape index (κ2) is 6.40. The summed E-state index contributed by atoms with van der Waals surface area (Å²) >= 11 is 0. The number of carbonyl (C=O) groups is 1. The molecule has 0 spiro atoms. The Kier molecular flexibility index (Phi) is 4.10. The summed E-state index contributed by atoms with van der Waals surface area (Å²) in [5.41, 5.74) is 4.46. The van der Waals surface area contributed by atoms with Gasteiger partial charge in [-0.15, -0.1) is 0 Å². The van der Waals surface area contributed by atoms with Crippen LogP contribution < -0.4 is 10.6 Å². The fourth-order valence-electron chi connectivity index (χ4n) is 3.51. The third-order valence-corrected chi connectivity index (χ3v) is 5.27. The predicted molar refractivity (Wildman–Crippen MR) is 94.5 cm³/mol. The fraction of sp³-hybridized carbons (Fsp3) is 0.474. The Hall–Kier alpha value is -2.14. The molecule has 0 unspecified atom stereocenters. The van der Waals surface area contributed by atoms with Crippen molar-refractivity contribution in [1.82, 2.24) is 15.1 Å². The average molecular weight is 324 g/mol. The SMILES string of the molecule is Cn1nc(C2CCC2)cc1NC(=O)c1ccc2c(c1)CCNCC2. The van der Waals surface area contributed by atoms with Gasteiger partial charge in [0.25, 0.3) is 5.91 Å². The molecular formula is C19H24N4O. The first kappa shape index (κ1) is 15.4. The van der Waals surface area contributed by atoms with E-state index in [4.69, 9.17) is 0 Å². The molecular weight excluding hydrogens is 300 g/mol. The van der Waals surface area contributed by atoms with Crippen LogP contribution in [-0.2, 0) is 19.9 Å². The first-order chi connectivity index (χ1) is 11.7. The molecule has 0 atom stereocenters. The molecule has 1 aromatic heterocycles. The summed E-state index contributed by atoms with van der Waals surface area (Å²) in [5, 5.41) is 11.0. The van der Waals surface area contributed by atoms with Crippen LogP contribution in [0.3, 0.4) is 0 Å². The molecule has 1 aromatic carbocycles. The molecule has 1 fully saturated rings. The Morgan fingerprint density at radius 2 is 2.00 bits per heavy atom. The van der Waals surface area contributed by atoms with Crippen molar-refractivity contribution < 1.29 is 4.79 Å². The first-order valence-electron chi connectivity index (χ1n) is 8.88. The number of rotatable bonds is 3. The molecule has 1 aliphatic heterocycles. The number of aryl methyl sites for hydroxylation is 1. The van der Waals surface area contributed by atoms with Crippen LogP contribution in [0, 0.1) is 0 Å². The number of nitrogens with zero attached hydrogens (tertiary/aromatic N) is 2. The minimum absolute atomic E-state index is 0.0573. The van der Waals surface area contributed by atoms with Gasteiger partial charge < -0.3 is 10.6 Å². The Balaban J connectivity index is 1.52. The van der Waals surface area contributed by atoms with E-state index in [0.717, 1.165) is 43.0 Å². The minimum atomic E-state index is -0.0573. The molecule has 1 amide bonds. The fourth-order valence-corrected chi connectivity index (χ4v) is 3.51. The third kappa shape index (κ3) is 2.96. The highest BCUT2D eigenvalue weighted by atomic mass is 16.1. The van der Waals surface area contributed by atoms with E-state index < -0.39 is 0 Å². The molecule has 1 saturated carbocycles. The molecule has 2 N–H and O–H groups in total. The molecule has 1 aliphatic carbocycles. The number of carbonyl (C=O) groups excluding carboxylic acids is 1. The number of fused-ring (bicyclic) bond motifs is 1. The molecule has 0 radical (unpaired) electrons. The van der Waals surface area contributed by atoms with Crippen LogP contribution in [0.2, 0.25) is 0 Å². The number of aromatic nitrogens is 2. The van der Waals surface area contributed by atoms with Gasteiger partial charge in [0.2, 0.25) is 0 Å². The van der Waals surface area contributed by atoms with Crippen LogP contribution in [-0.4, -0.2) is 28.8 Å². The van der Waals surface area contributed by atoms with Crippen molar-refractivity contribution >= 4 is 11.7 Å². The molecule has 0 bridgehead atoms. The lowest BCUT2D eigenvalue weighted by atomic mass is 9.83. The van der Waals surface area contributed by atoms with Gasteiger partial charge in [-0.3, -0.25) is 9.48 Å². The largest absolute Gasteiger partial charge is 0.316 e. The zero-order valence-electron chi connectivity index (χ0n) is 14.1. The van der Waals surface area contributed by atoms with Gasteiger partial charge in [-0.05, 0) is 62.0 Å². The summed E-state index contributed by atoms with van der Waals surface area (Å²) in [6.45, 7) is 1.99. The van der Waals surface area contributed by atoms with Crippen LogP contribution in [0.15, 0.2) is 24.3 Å². The van der Waals surface area contributed by atoms with Crippen LogP contribution in [0.4, 0.5) is 5.82 Å². The van der Waals surface area contributed by atoms with Gasteiger partial charge in [0.05, 0.1) is 5.69 Å². The molecule has 0 saturated heterocycles. The second-order valence-electron chi connectivity index (χ2n) is 6.89. The molecule has 2 heterocycles. The van der Waals surface area contributed by atoms with E-state index in [1.54, 1.807) is 4.68 Å². The number of hydrogen-bond donors (Lipinski definition) is 2. The summed E-state index contributed by atoms with van der Waals surface area (Å²) in [6, 6.07) is 8.10.